The van der Waals surface area contributed by atoms with Crippen molar-refractivity contribution in [1.82, 2.24) is 19.9 Å². The number of hydrogen-bond donors (Lipinski definition) is 1. The molecule has 5 heteroatoms. The summed E-state index contributed by atoms with van der Waals surface area (Å²) in [4.78, 5) is 27.4. The van der Waals surface area contributed by atoms with Crippen LogP contribution in [0.25, 0.3) is 44.1 Å². The van der Waals surface area contributed by atoms with Crippen molar-refractivity contribution in [2.75, 3.05) is 0 Å². The Morgan fingerprint density at radius 2 is 1.48 bits per heavy atom. The summed E-state index contributed by atoms with van der Waals surface area (Å²) in [5.74, 6) is 0. The molecule has 128 valence electrons. The quantitative estimate of drug-likeness (QED) is 0.518. The third-order valence-corrected chi connectivity index (χ3v) is 4.71. The van der Waals surface area contributed by atoms with E-state index >= 15 is 0 Å². The number of rotatable bonds is 2. The second-order valence-electron chi connectivity index (χ2n) is 6.29. The van der Waals surface area contributed by atoms with Gasteiger partial charge in [0.15, 0.2) is 0 Å². The first-order valence-corrected chi connectivity index (χ1v) is 8.56. The van der Waals surface area contributed by atoms with Crippen LogP contribution in [0.3, 0.4) is 0 Å². The zero-order valence-corrected chi connectivity index (χ0v) is 14.3. The van der Waals surface area contributed by atoms with E-state index in [0.29, 0.717) is 10.9 Å². The van der Waals surface area contributed by atoms with Crippen LogP contribution in [0.5, 0.6) is 0 Å². The van der Waals surface area contributed by atoms with Crippen molar-refractivity contribution in [2.24, 2.45) is 0 Å². The van der Waals surface area contributed by atoms with E-state index in [1.54, 1.807) is 12.4 Å². The minimum atomic E-state index is -0.130. The highest BCUT2D eigenvalue weighted by Crippen LogP contribution is 2.31. The summed E-state index contributed by atoms with van der Waals surface area (Å²) in [5, 5.41) is 1.65. The fourth-order valence-electron chi connectivity index (χ4n) is 3.36. The van der Waals surface area contributed by atoms with Gasteiger partial charge in [-0.25, -0.2) is 4.98 Å². The summed E-state index contributed by atoms with van der Waals surface area (Å²) in [6.07, 6.45) is 6.83. The van der Waals surface area contributed by atoms with Crippen molar-refractivity contribution >= 4 is 21.8 Å². The monoisotopic (exact) mass is 350 g/mol. The van der Waals surface area contributed by atoms with Gasteiger partial charge < -0.3 is 4.98 Å². The summed E-state index contributed by atoms with van der Waals surface area (Å²) < 4.78 is 0. The van der Waals surface area contributed by atoms with Gasteiger partial charge in [0, 0.05) is 24.0 Å². The Kier molecular flexibility index (Phi) is 3.50. The van der Waals surface area contributed by atoms with Crippen LogP contribution < -0.4 is 5.56 Å². The number of aromatic amines is 1. The predicted octanol–water partition coefficient (Wildman–Crippen LogP) is 4.20. The van der Waals surface area contributed by atoms with E-state index in [1.165, 1.54) is 6.33 Å². The van der Waals surface area contributed by atoms with Crippen molar-refractivity contribution in [2.45, 2.75) is 0 Å². The smallest absolute Gasteiger partial charge is 0.258 e. The SMILES string of the molecule is O=c1[nH]cnc2cc(-c3ccc4nccc(-c5ccncc5)c4c3)ccc12. The number of fused-ring (bicyclic) bond motifs is 2. The molecule has 27 heavy (non-hydrogen) atoms. The highest BCUT2D eigenvalue weighted by molar-refractivity contribution is 5.97. The lowest BCUT2D eigenvalue weighted by Gasteiger charge is -2.09. The first kappa shape index (κ1) is 15.4. The minimum Gasteiger partial charge on any atom is -0.313 e. The lowest BCUT2D eigenvalue weighted by Crippen LogP contribution is -2.05. The van der Waals surface area contributed by atoms with Gasteiger partial charge in [0.1, 0.15) is 0 Å². The van der Waals surface area contributed by atoms with E-state index in [2.05, 4.69) is 26.0 Å². The highest BCUT2D eigenvalue weighted by Gasteiger charge is 2.08. The first-order chi connectivity index (χ1) is 13.3. The van der Waals surface area contributed by atoms with Crippen molar-refractivity contribution in [3.8, 4) is 22.3 Å². The molecule has 0 unspecified atom stereocenters. The maximum Gasteiger partial charge on any atom is 0.258 e. The zero-order chi connectivity index (χ0) is 18.2. The predicted molar refractivity (Wildman–Crippen MR) is 106 cm³/mol. The van der Waals surface area contributed by atoms with Crippen LogP contribution in [-0.4, -0.2) is 19.9 Å². The lowest BCUT2D eigenvalue weighted by molar-refractivity contribution is 1.17. The van der Waals surface area contributed by atoms with Crippen LogP contribution in [0.2, 0.25) is 0 Å². The molecule has 0 saturated heterocycles. The molecule has 0 aliphatic heterocycles. The Hall–Kier alpha value is -3.86. The fourth-order valence-corrected chi connectivity index (χ4v) is 3.36. The van der Waals surface area contributed by atoms with Gasteiger partial charge in [-0.2, -0.15) is 0 Å². The van der Waals surface area contributed by atoms with Crippen LogP contribution in [0.4, 0.5) is 0 Å². The van der Waals surface area contributed by atoms with Crippen molar-refractivity contribution < 1.29 is 0 Å². The largest absolute Gasteiger partial charge is 0.313 e. The maximum atomic E-state index is 11.9. The number of nitrogens with zero attached hydrogens (tertiary/aromatic N) is 3. The van der Waals surface area contributed by atoms with Crippen LogP contribution in [-0.2, 0) is 0 Å². The number of benzene rings is 2. The number of H-pyrrole nitrogens is 1. The molecule has 3 aromatic heterocycles. The van der Waals surface area contributed by atoms with E-state index in [-0.39, 0.29) is 5.56 Å². The van der Waals surface area contributed by atoms with Crippen molar-refractivity contribution in [3.63, 3.8) is 0 Å². The average Bonchev–Trinajstić information content (AvgIpc) is 2.73. The fraction of sp³-hybridized carbons (Fsp3) is 0. The van der Waals surface area contributed by atoms with E-state index < -0.39 is 0 Å². The highest BCUT2D eigenvalue weighted by atomic mass is 16.1. The number of aromatic nitrogens is 4. The molecule has 0 amide bonds. The molecule has 0 fully saturated rings. The molecule has 3 heterocycles. The Morgan fingerprint density at radius 1 is 0.667 bits per heavy atom. The van der Waals surface area contributed by atoms with Gasteiger partial charge in [-0.15, -0.1) is 0 Å². The minimum absolute atomic E-state index is 0.130. The van der Waals surface area contributed by atoms with Gasteiger partial charge in [-0.1, -0.05) is 12.1 Å². The summed E-state index contributed by atoms with van der Waals surface area (Å²) in [5.41, 5.74) is 5.75. The van der Waals surface area contributed by atoms with E-state index in [9.17, 15) is 4.79 Å². The summed E-state index contributed by atoms with van der Waals surface area (Å²) in [7, 11) is 0. The van der Waals surface area contributed by atoms with Crippen molar-refractivity contribution in [1.29, 1.82) is 0 Å². The second-order valence-corrected chi connectivity index (χ2v) is 6.29. The molecule has 0 spiro atoms. The first-order valence-electron chi connectivity index (χ1n) is 8.56. The molecular weight excluding hydrogens is 336 g/mol. The molecule has 0 atom stereocenters. The van der Waals surface area contributed by atoms with Crippen LogP contribution in [0, 0.1) is 0 Å². The van der Waals surface area contributed by atoms with Gasteiger partial charge in [-0.05, 0) is 64.7 Å². The van der Waals surface area contributed by atoms with Gasteiger partial charge in [0.25, 0.3) is 5.56 Å². The third-order valence-electron chi connectivity index (χ3n) is 4.71. The molecule has 0 aliphatic carbocycles. The van der Waals surface area contributed by atoms with Crippen LogP contribution >= 0.6 is 0 Å². The van der Waals surface area contributed by atoms with E-state index in [4.69, 9.17) is 0 Å². The molecule has 0 bridgehead atoms. The molecule has 1 N–H and O–H groups in total. The molecule has 0 aliphatic rings. The number of hydrogen-bond acceptors (Lipinski definition) is 4. The Balaban J connectivity index is 1.72. The van der Waals surface area contributed by atoms with Crippen LogP contribution in [0.1, 0.15) is 0 Å². The molecular formula is C22H14N4O. The average molecular weight is 350 g/mol. The van der Waals surface area contributed by atoms with E-state index in [0.717, 1.165) is 33.2 Å². The topological polar surface area (TPSA) is 71.5 Å². The van der Waals surface area contributed by atoms with E-state index in [1.807, 2.05) is 54.7 Å². The summed E-state index contributed by atoms with van der Waals surface area (Å²) >= 11 is 0. The van der Waals surface area contributed by atoms with Gasteiger partial charge >= 0.3 is 0 Å². The summed E-state index contributed by atoms with van der Waals surface area (Å²) in [6.45, 7) is 0. The molecule has 5 nitrogen and oxygen atoms in total. The lowest BCUT2D eigenvalue weighted by atomic mass is 9.97. The second kappa shape index (κ2) is 6.14. The normalized spacial score (nSPS) is 11.1. The third kappa shape index (κ3) is 2.66. The standard InChI is InChI=1S/C22H14N4O/c27-22-18-3-1-16(12-21(18)25-13-26-22)15-2-4-20-19(11-15)17(7-10-24-20)14-5-8-23-9-6-14/h1-13H,(H,25,26,27). The maximum absolute atomic E-state index is 11.9. The molecule has 5 rings (SSSR count). The Bertz CT molecular complexity index is 1340. The molecule has 5 aromatic rings. The number of pyridine rings is 2. The molecule has 0 radical (unpaired) electrons. The Morgan fingerprint density at radius 3 is 2.37 bits per heavy atom. The number of nitrogens with one attached hydrogen (secondary N) is 1. The van der Waals surface area contributed by atoms with Gasteiger partial charge in [0.05, 0.1) is 22.7 Å². The van der Waals surface area contributed by atoms with Crippen LogP contribution in [0.15, 0.2) is 84.3 Å². The van der Waals surface area contributed by atoms with Gasteiger partial charge in [-0.3, -0.25) is 14.8 Å². The molecule has 2 aromatic carbocycles. The molecule has 0 saturated carbocycles. The van der Waals surface area contributed by atoms with Crippen molar-refractivity contribution in [3.05, 3.63) is 89.9 Å². The zero-order valence-electron chi connectivity index (χ0n) is 14.3. The van der Waals surface area contributed by atoms with Gasteiger partial charge in [0.2, 0.25) is 0 Å². The Labute approximate surface area is 154 Å². The summed E-state index contributed by atoms with van der Waals surface area (Å²) in [6, 6.07) is 17.9.